The van der Waals surface area contributed by atoms with Gasteiger partial charge in [0.2, 0.25) is 0 Å². The van der Waals surface area contributed by atoms with Crippen LogP contribution < -0.4 is 34.7 Å². The molecule has 0 N–H and O–H groups in total. The Morgan fingerprint density at radius 3 is 1.52 bits per heavy atom. The van der Waals surface area contributed by atoms with Crippen LogP contribution in [0, 0.1) is 0 Å². The molecule has 0 unspecified atom stereocenters. The van der Waals surface area contributed by atoms with E-state index in [2.05, 4.69) is 61.6 Å². The molecule has 0 bridgehead atoms. The van der Waals surface area contributed by atoms with Gasteiger partial charge in [-0.15, -0.1) is 0 Å². The molecule has 0 aliphatic rings. The average Bonchev–Trinajstić information content (AvgIpc) is 2.50. The predicted octanol–water partition coefficient (Wildman–Crippen LogP) is 1.66. The Labute approximate surface area is 164 Å². The molecule has 0 saturated heterocycles. The fourth-order valence-corrected chi connectivity index (χ4v) is 1.73. The van der Waals surface area contributed by atoms with Crippen molar-refractivity contribution in [1.29, 1.82) is 0 Å². The number of carbonyl (C=O) groups is 1. The number of unbranched alkanes of at least 4 members (excludes halogenated alkanes) is 1. The van der Waals surface area contributed by atoms with Crippen molar-refractivity contribution in [3.63, 3.8) is 0 Å². The molecule has 0 aliphatic carbocycles. The van der Waals surface area contributed by atoms with Gasteiger partial charge in [0.15, 0.2) is 0 Å². The molecular weight excluding hydrogens is 295 g/mol. The summed E-state index contributed by atoms with van der Waals surface area (Å²) in [5.41, 5.74) is 0. The third kappa shape index (κ3) is 23.6. The predicted molar refractivity (Wildman–Crippen MR) is 93.3 cm³/mol. The molecule has 23 heavy (non-hydrogen) atoms. The van der Waals surface area contributed by atoms with Crippen molar-refractivity contribution in [3.8, 4) is 0 Å². The number of carboxylic acids is 1. The maximum absolute atomic E-state index is 10.2. The zero-order chi connectivity index (χ0) is 16.3. The molecule has 0 fully saturated rings. The minimum Gasteiger partial charge on any atom is -0.550 e. The van der Waals surface area contributed by atoms with Crippen LogP contribution in [0.4, 0.5) is 0 Å². The summed E-state index contributed by atoms with van der Waals surface area (Å²) >= 11 is 0. The number of hydrogen-bond donors (Lipinski definition) is 0. The largest absolute Gasteiger partial charge is 1.00 e. The van der Waals surface area contributed by atoms with Crippen LogP contribution in [0.2, 0.25) is 0 Å². The number of carboxylic acid groups (broad SMARTS) is 1. The van der Waals surface area contributed by atoms with Gasteiger partial charge in [-0.25, -0.2) is 0 Å². The van der Waals surface area contributed by atoms with E-state index in [1.807, 2.05) is 6.08 Å². The van der Waals surface area contributed by atoms with Crippen molar-refractivity contribution in [2.45, 2.75) is 58.3 Å². The monoisotopic (exact) mass is 324 g/mol. The van der Waals surface area contributed by atoms with Gasteiger partial charge < -0.3 is 9.90 Å². The summed E-state index contributed by atoms with van der Waals surface area (Å²) in [4.78, 5) is 10.2. The van der Waals surface area contributed by atoms with E-state index in [1.54, 1.807) is 0 Å². The van der Waals surface area contributed by atoms with Crippen LogP contribution in [0.1, 0.15) is 58.3 Å². The summed E-state index contributed by atoms with van der Waals surface area (Å²) in [7, 11) is 0. The smallest absolute Gasteiger partial charge is 0.550 e. The fraction of sp³-hybridized carbons (Fsp3) is 0.450. The molecule has 0 saturated carbocycles. The molecule has 0 heterocycles. The normalized spacial score (nSPS) is 12.2. The number of allylic oxidation sites excluding steroid dienone is 10. The van der Waals surface area contributed by atoms with Gasteiger partial charge in [0.25, 0.3) is 0 Å². The Hall–Kier alpha value is -0.830. The first-order valence-electron chi connectivity index (χ1n) is 8.22. The second-order valence-electron chi connectivity index (χ2n) is 4.97. The van der Waals surface area contributed by atoms with Crippen LogP contribution >= 0.6 is 0 Å². The van der Waals surface area contributed by atoms with E-state index in [0.29, 0.717) is 6.42 Å². The van der Waals surface area contributed by atoms with Gasteiger partial charge in [-0.2, -0.15) is 0 Å². The number of hydrogen-bond acceptors (Lipinski definition) is 2. The Morgan fingerprint density at radius 1 is 0.739 bits per heavy atom. The summed E-state index contributed by atoms with van der Waals surface area (Å²) in [6, 6.07) is 0. The van der Waals surface area contributed by atoms with Gasteiger partial charge in [0, 0.05) is 5.97 Å². The van der Waals surface area contributed by atoms with Crippen LogP contribution in [-0.2, 0) is 4.79 Å². The molecule has 122 valence electrons. The molecular formula is C20H29NaO2. The molecule has 0 atom stereocenters. The zero-order valence-electron chi connectivity index (χ0n) is 14.7. The van der Waals surface area contributed by atoms with Gasteiger partial charge >= 0.3 is 29.6 Å². The fourth-order valence-electron chi connectivity index (χ4n) is 1.73. The molecule has 0 aliphatic heterocycles. The zero-order valence-corrected chi connectivity index (χ0v) is 16.7. The van der Waals surface area contributed by atoms with Crippen LogP contribution in [0.5, 0.6) is 0 Å². The Morgan fingerprint density at radius 2 is 1.13 bits per heavy atom. The van der Waals surface area contributed by atoms with Gasteiger partial charge in [0.05, 0.1) is 0 Å². The van der Waals surface area contributed by atoms with Crippen molar-refractivity contribution in [2.75, 3.05) is 0 Å². The van der Waals surface area contributed by atoms with Crippen molar-refractivity contribution >= 4 is 5.97 Å². The summed E-state index contributed by atoms with van der Waals surface area (Å²) in [6.07, 6.45) is 28.1. The second kappa shape index (κ2) is 21.2. The second-order valence-corrected chi connectivity index (χ2v) is 4.97. The van der Waals surface area contributed by atoms with E-state index >= 15 is 0 Å². The number of rotatable bonds is 13. The maximum Gasteiger partial charge on any atom is 1.00 e. The third-order valence-corrected chi connectivity index (χ3v) is 2.91. The van der Waals surface area contributed by atoms with E-state index in [0.717, 1.165) is 38.5 Å². The molecule has 2 nitrogen and oxygen atoms in total. The van der Waals surface area contributed by atoms with Gasteiger partial charge in [-0.3, -0.25) is 0 Å². The SMILES string of the molecule is CCC=CCC=CCC=CCC=CC/C=C\CCCC(=O)[O-].[Na+]. The summed E-state index contributed by atoms with van der Waals surface area (Å²) in [6.45, 7) is 2.14. The quantitative estimate of drug-likeness (QED) is 0.294. The van der Waals surface area contributed by atoms with Crippen LogP contribution in [-0.4, -0.2) is 5.97 Å². The molecule has 0 radical (unpaired) electrons. The summed E-state index contributed by atoms with van der Waals surface area (Å²) in [5.74, 6) is -0.965. The molecule has 0 spiro atoms. The topological polar surface area (TPSA) is 40.1 Å². The first-order valence-corrected chi connectivity index (χ1v) is 8.22. The number of aliphatic carboxylic acids is 1. The Kier molecular flexibility index (Phi) is 22.5. The van der Waals surface area contributed by atoms with Crippen LogP contribution in [0.3, 0.4) is 0 Å². The Bertz CT molecular complexity index is 404. The first-order chi connectivity index (χ1) is 10.8. The average molecular weight is 324 g/mol. The van der Waals surface area contributed by atoms with E-state index < -0.39 is 5.97 Å². The molecule has 0 amide bonds. The standard InChI is InChI=1S/C20H30O2.Na/c1-2-3-4-5-6-7-8-9-10-11-12-13-14-15-16-17-18-19-20(21)22;/h3-4,6-7,9-10,12-13,15-16H,2,5,8,11,14,17-19H2,1H3,(H,21,22);/q;+1/p-1/b4-3?,7-6?,10-9?,13-12?,16-15-;. The summed E-state index contributed by atoms with van der Waals surface area (Å²) < 4.78 is 0. The van der Waals surface area contributed by atoms with Crippen LogP contribution in [0.15, 0.2) is 60.8 Å². The minimum absolute atomic E-state index is 0. The van der Waals surface area contributed by atoms with Gasteiger partial charge in [0.1, 0.15) is 0 Å². The van der Waals surface area contributed by atoms with Crippen molar-refractivity contribution in [2.24, 2.45) is 0 Å². The van der Waals surface area contributed by atoms with Gasteiger partial charge in [-0.05, 0) is 51.4 Å². The van der Waals surface area contributed by atoms with Crippen molar-refractivity contribution < 1.29 is 39.5 Å². The molecule has 3 heteroatoms. The maximum atomic E-state index is 10.2. The molecule has 0 aromatic rings. The summed E-state index contributed by atoms with van der Waals surface area (Å²) in [5, 5.41) is 10.2. The molecule has 0 rings (SSSR count). The minimum atomic E-state index is -0.965. The number of carbonyl (C=O) groups excluding carboxylic acids is 1. The molecule has 0 aromatic heterocycles. The van der Waals surface area contributed by atoms with Gasteiger partial charge in [-0.1, -0.05) is 67.7 Å². The van der Waals surface area contributed by atoms with E-state index in [1.165, 1.54) is 0 Å². The Balaban J connectivity index is 0. The van der Waals surface area contributed by atoms with Crippen molar-refractivity contribution in [3.05, 3.63) is 60.8 Å². The van der Waals surface area contributed by atoms with E-state index in [9.17, 15) is 9.90 Å². The van der Waals surface area contributed by atoms with Crippen molar-refractivity contribution in [1.82, 2.24) is 0 Å². The third-order valence-electron chi connectivity index (χ3n) is 2.91. The first kappa shape index (κ1) is 24.4. The van der Waals surface area contributed by atoms with E-state index in [4.69, 9.17) is 0 Å². The van der Waals surface area contributed by atoms with E-state index in [-0.39, 0.29) is 36.0 Å². The van der Waals surface area contributed by atoms with Crippen LogP contribution in [0.25, 0.3) is 0 Å². The molecule has 0 aromatic carbocycles.